The van der Waals surface area contributed by atoms with Gasteiger partial charge in [-0.2, -0.15) is 4.98 Å². The summed E-state index contributed by atoms with van der Waals surface area (Å²) in [6.07, 6.45) is 3.04. The summed E-state index contributed by atoms with van der Waals surface area (Å²) in [5, 5.41) is 22.6. The number of rotatable bonds is 3. The van der Waals surface area contributed by atoms with Crippen molar-refractivity contribution in [3.63, 3.8) is 0 Å². The summed E-state index contributed by atoms with van der Waals surface area (Å²) >= 11 is 0. The fraction of sp³-hybridized carbons (Fsp3) is 0. The molecule has 0 aliphatic carbocycles. The number of hydrogen-bond acceptors (Lipinski definition) is 9. The van der Waals surface area contributed by atoms with Crippen LogP contribution < -0.4 is 4.90 Å². The van der Waals surface area contributed by atoms with E-state index in [1.54, 1.807) is 17.0 Å². The van der Waals surface area contributed by atoms with Gasteiger partial charge < -0.3 is 4.42 Å². The van der Waals surface area contributed by atoms with Gasteiger partial charge in [0.15, 0.2) is 17.2 Å². The van der Waals surface area contributed by atoms with Crippen LogP contribution in [0.15, 0.2) is 53.2 Å². The number of anilines is 3. The number of benzene rings is 1. The molecule has 106 valence electrons. The van der Waals surface area contributed by atoms with Crippen LogP contribution in [-0.4, -0.2) is 35.8 Å². The molecular formula is C13H8N8O. The largest absolute Gasteiger partial charge is 0.423 e. The van der Waals surface area contributed by atoms with Crippen molar-refractivity contribution < 1.29 is 4.42 Å². The lowest BCUT2D eigenvalue weighted by Crippen LogP contribution is -2.14. The standard InChI is InChI=1S/C13H8N8O/c1-2-4-10-9(3-1)16-13(22-10)21(11-5-7-14-19-17-11)12-6-8-15-20-18-12/h1-8H. The van der Waals surface area contributed by atoms with Gasteiger partial charge in [-0.15, -0.1) is 20.4 Å². The van der Waals surface area contributed by atoms with Gasteiger partial charge in [-0.25, -0.2) is 4.90 Å². The lowest BCUT2D eigenvalue weighted by Gasteiger charge is -2.16. The summed E-state index contributed by atoms with van der Waals surface area (Å²) < 4.78 is 5.78. The molecule has 1 aromatic carbocycles. The van der Waals surface area contributed by atoms with Gasteiger partial charge in [-0.1, -0.05) is 12.1 Å². The number of para-hydroxylation sites is 2. The Labute approximate surface area is 123 Å². The first-order valence-corrected chi connectivity index (χ1v) is 6.36. The summed E-state index contributed by atoms with van der Waals surface area (Å²) in [6.45, 7) is 0. The monoisotopic (exact) mass is 292 g/mol. The van der Waals surface area contributed by atoms with Crippen LogP contribution in [0, 0.1) is 0 Å². The van der Waals surface area contributed by atoms with Crippen molar-refractivity contribution in [2.75, 3.05) is 4.90 Å². The third kappa shape index (κ3) is 2.10. The molecule has 9 heteroatoms. The van der Waals surface area contributed by atoms with Gasteiger partial charge in [0.1, 0.15) is 5.52 Å². The highest BCUT2D eigenvalue weighted by molar-refractivity contribution is 5.77. The zero-order chi connectivity index (χ0) is 14.8. The Kier molecular flexibility index (Phi) is 2.86. The average Bonchev–Trinajstić information content (AvgIpc) is 3.00. The molecule has 3 heterocycles. The topological polar surface area (TPSA) is 107 Å². The number of aromatic nitrogens is 7. The SMILES string of the molecule is c1ccc2oc(N(c3ccnnn3)c3ccnnn3)nc2c1. The summed E-state index contributed by atoms with van der Waals surface area (Å²) in [5.41, 5.74) is 1.39. The van der Waals surface area contributed by atoms with Gasteiger partial charge in [0.05, 0.1) is 12.4 Å². The first-order chi connectivity index (χ1) is 10.9. The van der Waals surface area contributed by atoms with Crippen LogP contribution in [0.5, 0.6) is 0 Å². The Morgan fingerprint density at radius 3 is 2.09 bits per heavy atom. The van der Waals surface area contributed by atoms with E-state index in [1.807, 2.05) is 24.3 Å². The molecule has 0 saturated carbocycles. The maximum absolute atomic E-state index is 5.78. The molecule has 0 amide bonds. The molecule has 0 aliphatic rings. The van der Waals surface area contributed by atoms with Gasteiger partial charge in [0, 0.05) is 12.1 Å². The van der Waals surface area contributed by atoms with Crippen molar-refractivity contribution in [1.82, 2.24) is 35.8 Å². The summed E-state index contributed by atoms with van der Waals surface area (Å²) in [6, 6.07) is 11.1. The lowest BCUT2D eigenvalue weighted by molar-refractivity contribution is 0.603. The van der Waals surface area contributed by atoms with Crippen molar-refractivity contribution in [3.05, 3.63) is 48.8 Å². The van der Waals surface area contributed by atoms with Crippen LogP contribution in [0.4, 0.5) is 17.7 Å². The lowest BCUT2D eigenvalue weighted by atomic mass is 10.3. The first kappa shape index (κ1) is 12.3. The Balaban J connectivity index is 1.90. The fourth-order valence-corrected chi connectivity index (χ4v) is 1.98. The molecule has 22 heavy (non-hydrogen) atoms. The molecule has 0 bridgehead atoms. The second-order valence-electron chi connectivity index (χ2n) is 4.26. The summed E-state index contributed by atoms with van der Waals surface area (Å²) in [5.74, 6) is 0.920. The Bertz CT molecular complexity index is 823. The minimum absolute atomic E-state index is 0.308. The van der Waals surface area contributed by atoms with E-state index in [1.165, 1.54) is 12.4 Å². The van der Waals surface area contributed by atoms with Gasteiger partial charge in [0.2, 0.25) is 0 Å². The second kappa shape index (κ2) is 5.13. The Hall–Kier alpha value is -3.49. The number of fused-ring (bicyclic) bond motifs is 1. The quantitative estimate of drug-likeness (QED) is 0.557. The van der Waals surface area contributed by atoms with Crippen LogP contribution in [0.25, 0.3) is 11.1 Å². The second-order valence-corrected chi connectivity index (χ2v) is 4.26. The number of oxazole rings is 1. The highest BCUT2D eigenvalue weighted by Gasteiger charge is 2.21. The molecule has 0 radical (unpaired) electrons. The molecule has 4 aromatic rings. The van der Waals surface area contributed by atoms with E-state index in [2.05, 4.69) is 35.8 Å². The summed E-state index contributed by atoms with van der Waals surface area (Å²) in [4.78, 5) is 6.04. The molecule has 0 atom stereocenters. The number of nitrogens with zero attached hydrogens (tertiary/aromatic N) is 8. The van der Waals surface area contributed by atoms with Crippen molar-refractivity contribution in [3.8, 4) is 0 Å². The van der Waals surface area contributed by atoms with Gasteiger partial charge in [0.25, 0.3) is 0 Å². The van der Waals surface area contributed by atoms with E-state index in [0.717, 1.165) is 5.52 Å². The van der Waals surface area contributed by atoms with E-state index in [-0.39, 0.29) is 0 Å². The van der Waals surface area contributed by atoms with E-state index in [9.17, 15) is 0 Å². The molecule has 0 spiro atoms. The molecule has 3 aromatic heterocycles. The maximum atomic E-state index is 5.78. The highest BCUT2D eigenvalue weighted by atomic mass is 16.4. The maximum Gasteiger partial charge on any atom is 0.310 e. The van der Waals surface area contributed by atoms with Crippen LogP contribution in [0.3, 0.4) is 0 Å². The molecule has 0 unspecified atom stereocenters. The van der Waals surface area contributed by atoms with Gasteiger partial charge in [-0.05, 0) is 22.6 Å². The average molecular weight is 292 g/mol. The van der Waals surface area contributed by atoms with Crippen LogP contribution in [0.2, 0.25) is 0 Å². The third-order valence-electron chi connectivity index (χ3n) is 2.91. The zero-order valence-corrected chi connectivity index (χ0v) is 11.1. The smallest absolute Gasteiger partial charge is 0.310 e. The minimum atomic E-state index is 0.308. The van der Waals surface area contributed by atoms with Crippen LogP contribution in [0.1, 0.15) is 0 Å². The van der Waals surface area contributed by atoms with Crippen molar-refractivity contribution in [2.45, 2.75) is 0 Å². The van der Waals surface area contributed by atoms with Gasteiger partial charge >= 0.3 is 6.01 Å². The predicted octanol–water partition coefficient (Wildman–Crippen LogP) is 1.67. The molecule has 0 aliphatic heterocycles. The minimum Gasteiger partial charge on any atom is -0.423 e. The third-order valence-corrected chi connectivity index (χ3v) is 2.91. The van der Waals surface area contributed by atoms with Crippen molar-refractivity contribution in [2.24, 2.45) is 0 Å². The fourth-order valence-electron chi connectivity index (χ4n) is 1.98. The Morgan fingerprint density at radius 1 is 0.818 bits per heavy atom. The van der Waals surface area contributed by atoms with Crippen molar-refractivity contribution in [1.29, 1.82) is 0 Å². The molecule has 9 nitrogen and oxygen atoms in total. The molecule has 0 N–H and O–H groups in total. The molecule has 4 rings (SSSR count). The normalized spacial score (nSPS) is 10.7. The molecular weight excluding hydrogens is 284 g/mol. The van der Waals surface area contributed by atoms with Crippen LogP contribution in [-0.2, 0) is 0 Å². The van der Waals surface area contributed by atoms with E-state index >= 15 is 0 Å². The molecule has 0 saturated heterocycles. The zero-order valence-electron chi connectivity index (χ0n) is 11.1. The first-order valence-electron chi connectivity index (χ1n) is 6.36. The Morgan fingerprint density at radius 2 is 1.50 bits per heavy atom. The van der Waals surface area contributed by atoms with Crippen molar-refractivity contribution >= 4 is 28.8 Å². The molecule has 0 fully saturated rings. The summed E-state index contributed by atoms with van der Waals surface area (Å²) in [7, 11) is 0. The van der Waals surface area contributed by atoms with E-state index in [4.69, 9.17) is 4.42 Å². The van der Waals surface area contributed by atoms with Gasteiger partial charge in [-0.3, -0.25) is 0 Å². The van der Waals surface area contributed by atoms with E-state index < -0.39 is 0 Å². The number of hydrogen-bond donors (Lipinski definition) is 0. The predicted molar refractivity (Wildman–Crippen MR) is 75.5 cm³/mol. The highest BCUT2D eigenvalue weighted by Crippen LogP contribution is 2.31. The van der Waals surface area contributed by atoms with Crippen LogP contribution >= 0.6 is 0 Å². The van der Waals surface area contributed by atoms with E-state index in [0.29, 0.717) is 23.2 Å².